The topological polar surface area (TPSA) is 29.3 Å². The summed E-state index contributed by atoms with van der Waals surface area (Å²) in [6.07, 6.45) is 9.93. The average Bonchev–Trinajstić information content (AvgIpc) is 3.09. The van der Waals surface area contributed by atoms with Crippen molar-refractivity contribution in [3.8, 4) is 0 Å². The van der Waals surface area contributed by atoms with Gasteiger partial charge in [0.1, 0.15) is 0 Å². The number of nitrogens with two attached hydrogens (primary N) is 1. The standard InChI is InChI=1S/C13H26N2/c1-15(9-8-11-6-7-11)13-5-3-2-4-12(13)10-14/h11-13H,2-10,14H2,1H3. The smallest absolute Gasteiger partial charge is 0.0132 e. The highest BCUT2D eigenvalue weighted by Gasteiger charge is 2.28. The summed E-state index contributed by atoms with van der Waals surface area (Å²) in [5.74, 6) is 1.83. The van der Waals surface area contributed by atoms with E-state index in [9.17, 15) is 0 Å². The maximum absolute atomic E-state index is 5.87. The fraction of sp³-hybridized carbons (Fsp3) is 1.00. The summed E-state index contributed by atoms with van der Waals surface area (Å²) in [5.41, 5.74) is 5.87. The molecule has 2 nitrogen and oxygen atoms in total. The molecule has 0 spiro atoms. The third kappa shape index (κ3) is 3.18. The summed E-state index contributed by atoms with van der Waals surface area (Å²) in [4.78, 5) is 2.59. The van der Waals surface area contributed by atoms with Crippen molar-refractivity contribution < 1.29 is 0 Å². The first-order valence-corrected chi connectivity index (χ1v) is 6.71. The predicted molar refractivity (Wildman–Crippen MR) is 64.8 cm³/mol. The molecule has 2 fully saturated rings. The van der Waals surface area contributed by atoms with Gasteiger partial charge >= 0.3 is 0 Å². The van der Waals surface area contributed by atoms with E-state index in [0.717, 1.165) is 24.4 Å². The van der Waals surface area contributed by atoms with Gasteiger partial charge in [-0.1, -0.05) is 25.7 Å². The molecule has 0 radical (unpaired) electrons. The Labute approximate surface area is 94.2 Å². The van der Waals surface area contributed by atoms with Crippen LogP contribution in [0.15, 0.2) is 0 Å². The Morgan fingerprint density at radius 2 is 1.87 bits per heavy atom. The van der Waals surface area contributed by atoms with Crippen LogP contribution in [-0.4, -0.2) is 31.1 Å². The highest BCUT2D eigenvalue weighted by atomic mass is 15.1. The molecule has 0 aromatic rings. The maximum atomic E-state index is 5.87. The van der Waals surface area contributed by atoms with Gasteiger partial charge in [-0.2, -0.15) is 0 Å². The van der Waals surface area contributed by atoms with Crippen molar-refractivity contribution >= 4 is 0 Å². The third-order valence-corrected chi connectivity index (χ3v) is 4.32. The van der Waals surface area contributed by atoms with Gasteiger partial charge in [-0.25, -0.2) is 0 Å². The molecule has 15 heavy (non-hydrogen) atoms. The number of hydrogen-bond donors (Lipinski definition) is 1. The van der Waals surface area contributed by atoms with E-state index in [2.05, 4.69) is 11.9 Å². The zero-order chi connectivity index (χ0) is 10.7. The molecule has 0 heterocycles. The van der Waals surface area contributed by atoms with Crippen LogP contribution in [-0.2, 0) is 0 Å². The van der Waals surface area contributed by atoms with E-state index in [-0.39, 0.29) is 0 Å². The zero-order valence-electron chi connectivity index (χ0n) is 10.1. The van der Waals surface area contributed by atoms with E-state index in [4.69, 9.17) is 5.73 Å². The Bertz CT molecular complexity index is 189. The van der Waals surface area contributed by atoms with Crippen molar-refractivity contribution in [1.29, 1.82) is 0 Å². The molecule has 0 aromatic carbocycles. The highest BCUT2D eigenvalue weighted by Crippen LogP contribution is 2.33. The van der Waals surface area contributed by atoms with Gasteiger partial charge in [-0.15, -0.1) is 0 Å². The van der Waals surface area contributed by atoms with Crippen LogP contribution in [0.1, 0.15) is 44.9 Å². The first-order valence-electron chi connectivity index (χ1n) is 6.71. The van der Waals surface area contributed by atoms with Gasteiger partial charge in [0, 0.05) is 6.04 Å². The van der Waals surface area contributed by atoms with Crippen molar-refractivity contribution in [3.05, 3.63) is 0 Å². The van der Waals surface area contributed by atoms with Crippen molar-refractivity contribution in [2.24, 2.45) is 17.6 Å². The monoisotopic (exact) mass is 210 g/mol. The zero-order valence-corrected chi connectivity index (χ0v) is 10.1. The number of nitrogens with zero attached hydrogens (tertiary/aromatic N) is 1. The summed E-state index contributed by atoms with van der Waals surface area (Å²) in [6.45, 7) is 2.18. The molecule has 2 atom stereocenters. The molecule has 0 saturated heterocycles. The average molecular weight is 210 g/mol. The van der Waals surface area contributed by atoms with E-state index >= 15 is 0 Å². The number of hydrogen-bond acceptors (Lipinski definition) is 2. The first kappa shape index (κ1) is 11.4. The fourth-order valence-electron chi connectivity index (χ4n) is 3.00. The molecule has 88 valence electrons. The summed E-state index contributed by atoms with van der Waals surface area (Å²) in [6, 6.07) is 0.780. The van der Waals surface area contributed by atoms with Gasteiger partial charge in [0.2, 0.25) is 0 Å². The maximum Gasteiger partial charge on any atom is 0.0132 e. The van der Waals surface area contributed by atoms with E-state index in [1.807, 2.05) is 0 Å². The second-order valence-electron chi connectivity index (χ2n) is 5.56. The molecule has 0 amide bonds. The van der Waals surface area contributed by atoms with Crippen LogP contribution < -0.4 is 5.73 Å². The van der Waals surface area contributed by atoms with Crippen LogP contribution in [0.5, 0.6) is 0 Å². The second-order valence-corrected chi connectivity index (χ2v) is 5.56. The van der Waals surface area contributed by atoms with E-state index in [1.54, 1.807) is 0 Å². The summed E-state index contributed by atoms with van der Waals surface area (Å²) in [7, 11) is 2.31. The van der Waals surface area contributed by atoms with E-state index in [0.29, 0.717) is 0 Å². The van der Waals surface area contributed by atoms with Gasteiger partial charge in [0.15, 0.2) is 0 Å². The van der Waals surface area contributed by atoms with Crippen LogP contribution in [0.25, 0.3) is 0 Å². The number of rotatable bonds is 5. The lowest BCUT2D eigenvalue weighted by Crippen LogP contribution is -2.43. The normalized spacial score (nSPS) is 32.2. The Morgan fingerprint density at radius 1 is 1.13 bits per heavy atom. The molecule has 2 aliphatic rings. The molecule has 0 bridgehead atoms. The second kappa shape index (κ2) is 5.31. The van der Waals surface area contributed by atoms with Gasteiger partial charge in [-0.05, 0) is 51.2 Å². The fourth-order valence-corrected chi connectivity index (χ4v) is 3.00. The Kier molecular flexibility index (Phi) is 4.04. The molecule has 2 heteroatoms. The van der Waals surface area contributed by atoms with E-state index in [1.165, 1.54) is 51.5 Å². The van der Waals surface area contributed by atoms with Gasteiger partial charge in [0.25, 0.3) is 0 Å². The lowest BCUT2D eigenvalue weighted by molar-refractivity contribution is 0.131. The summed E-state index contributed by atoms with van der Waals surface area (Å²) >= 11 is 0. The Morgan fingerprint density at radius 3 is 2.53 bits per heavy atom. The minimum Gasteiger partial charge on any atom is -0.330 e. The molecule has 0 aromatic heterocycles. The summed E-state index contributed by atoms with van der Waals surface area (Å²) in [5, 5.41) is 0. The molecule has 2 aliphatic carbocycles. The minimum atomic E-state index is 0.767. The molecular weight excluding hydrogens is 184 g/mol. The van der Waals surface area contributed by atoms with E-state index < -0.39 is 0 Å². The molecular formula is C13H26N2. The minimum absolute atomic E-state index is 0.767. The van der Waals surface area contributed by atoms with Crippen LogP contribution in [0.2, 0.25) is 0 Å². The molecule has 2 unspecified atom stereocenters. The summed E-state index contributed by atoms with van der Waals surface area (Å²) < 4.78 is 0. The first-order chi connectivity index (χ1) is 7.31. The van der Waals surface area contributed by atoms with Crippen LogP contribution in [0, 0.1) is 11.8 Å². The quantitative estimate of drug-likeness (QED) is 0.754. The van der Waals surface area contributed by atoms with Crippen molar-refractivity contribution in [3.63, 3.8) is 0 Å². The van der Waals surface area contributed by atoms with Gasteiger partial charge in [0.05, 0.1) is 0 Å². The van der Waals surface area contributed by atoms with Crippen LogP contribution in [0.3, 0.4) is 0 Å². The highest BCUT2D eigenvalue weighted by molar-refractivity contribution is 4.83. The lowest BCUT2D eigenvalue weighted by atomic mass is 9.83. The Hall–Kier alpha value is -0.0800. The predicted octanol–water partition coefficient (Wildman–Crippen LogP) is 2.24. The largest absolute Gasteiger partial charge is 0.330 e. The van der Waals surface area contributed by atoms with Crippen molar-refractivity contribution in [1.82, 2.24) is 4.90 Å². The third-order valence-electron chi connectivity index (χ3n) is 4.32. The van der Waals surface area contributed by atoms with Crippen LogP contribution in [0.4, 0.5) is 0 Å². The molecule has 2 rings (SSSR count). The van der Waals surface area contributed by atoms with Crippen molar-refractivity contribution in [2.45, 2.75) is 51.0 Å². The SMILES string of the molecule is CN(CCC1CC1)C1CCCCC1CN. The molecule has 0 aliphatic heterocycles. The molecule has 2 N–H and O–H groups in total. The van der Waals surface area contributed by atoms with Crippen LogP contribution >= 0.6 is 0 Å². The molecule has 2 saturated carbocycles. The van der Waals surface area contributed by atoms with Gasteiger partial charge < -0.3 is 10.6 Å². The Balaban J connectivity index is 1.76. The lowest BCUT2D eigenvalue weighted by Gasteiger charge is -2.37. The van der Waals surface area contributed by atoms with Gasteiger partial charge in [-0.3, -0.25) is 0 Å². The van der Waals surface area contributed by atoms with Crippen molar-refractivity contribution in [2.75, 3.05) is 20.1 Å².